The summed E-state index contributed by atoms with van der Waals surface area (Å²) >= 11 is 24.9. The molecule has 0 radical (unpaired) electrons. The van der Waals surface area contributed by atoms with Crippen molar-refractivity contribution in [3.05, 3.63) is 117 Å². The first kappa shape index (κ1) is 35.1. The molecule has 0 bridgehead atoms. The number of benzene rings is 4. The Balaban J connectivity index is 1.53. The van der Waals surface area contributed by atoms with Crippen LogP contribution in [0.3, 0.4) is 0 Å². The number of nitrogens with one attached hydrogen (secondary N) is 2. The van der Waals surface area contributed by atoms with Gasteiger partial charge in [-0.1, -0.05) is 58.5 Å². The second-order valence-corrected chi connectivity index (χ2v) is 15.5. The molecule has 0 unspecified atom stereocenters. The van der Waals surface area contributed by atoms with Crippen molar-refractivity contribution in [2.45, 2.75) is 9.79 Å². The summed E-state index contributed by atoms with van der Waals surface area (Å²) in [5.41, 5.74) is 13.7. The zero-order chi connectivity index (χ0) is 35.8. The molecule has 50 heavy (non-hydrogen) atoms. The summed E-state index contributed by atoms with van der Waals surface area (Å²) in [4.78, 5) is 17.6. The summed E-state index contributed by atoms with van der Waals surface area (Å²) in [5, 5.41) is 1.01. The fraction of sp³-hybridized carbons (Fsp3) is 0. The minimum atomic E-state index is -4.21. The predicted molar refractivity (Wildman–Crippen MR) is 197 cm³/mol. The van der Waals surface area contributed by atoms with Crippen LogP contribution in [0.5, 0.6) is 0 Å². The first-order valence-electron chi connectivity index (χ1n) is 14.1. The molecule has 0 amide bonds. The third kappa shape index (κ3) is 7.86. The number of sulfonamides is 2. The lowest BCUT2D eigenvalue weighted by atomic mass is 10.1. The second kappa shape index (κ2) is 13.9. The molecule has 2 aromatic heterocycles. The van der Waals surface area contributed by atoms with E-state index in [1.165, 1.54) is 60.7 Å². The van der Waals surface area contributed by atoms with Gasteiger partial charge in [0.1, 0.15) is 0 Å². The third-order valence-electron chi connectivity index (χ3n) is 6.98. The zero-order valence-electron chi connectivity index (χ0n) is 25.1. The van der Waals surface area contributed by atoms with E-state index in [0.29, 0.717) is 22.5 Å². The summed E-state index contributed by atoms with van der Waals surface area (Å²) in [6.07, 6.45) is 0. The highest BCUT2D eigenvalue weighted by Crippen LogP contribution is 2.33. The Kier molecular flexibility index (Phi) is 9.77. The van der Waals surface area contributed by atoms with Gasteiger partial charge in [0.2, 0.25) is 11.9 Å². The monoisotopic (exact) mass is 786 g/mol. The van der Waals surface area contributed by atoms with Gasteiger partial charge in [-0.15, -0.1) is 0 Å². The minimum Gasteiger partial charge on any atom is -0.399 e. The normalized spacial score (nSPS) is 11.7. The number of hydrogen-bond acceptors (Lipinski definition) is 10. The Labute approximate surface area is 306 Å². The molecular formula is C32H22Cl4N8O4S2. The molecule has 2 heterocycles. The number of hydrogen-bond donors (Lipinski definition) is 4. The van der Waals surface area contributed by atoms with Crippen LogP contribution in [0.15, 0.2) is 107 Å². The van der Waals surface area contributed by atoms with Crippen LogP contribution in [-0.2, 0) is 20.0 Å². The highest BCUT2D eigenvalue weighted by atomic mass is 35.5. The summed E-state index contributed by atoms with van der Waals surface area (Å²) in [6.45, 7) is 0. The maximum absolute atomic E-state index is 13.4. The summed E-state index contributed by atoms with van der Waals surface area (Å²) in [7, 11) is -8.41. The Bertz CT molecular complexity index is 2310. The number of nitrogen functional groups attached to an aromatic ring is 2. The zero-order valence-corrected chi connectivity index (χ0v) is 29.8. The highest BCUT2D eigenvalue weighted by molar-refractivity contribution is 7.93. The lowest BCUT2D eigenvalue weighted by Crippen LogP contribution is -2.16. The van der Waals surface area contributed by atoms with Crippen LogP contribution in [0.25, 0.3) is 33.9 Å². The quantitative estimate of drug-likeness (QED) is 0.106. The van der Waals surface area contributed by atoms with Gasteiger partial charge in [0, 0.05) is 22.5 Å². The van der Waals surface area contributed by atoms with E-state index in [1.807, 2.05) is 0 Å². The summed E-state index contributed by atoms with van der Waals surface area (Å²) < 4.78 is 58.3. The van der Waals surface area contributed by atoms with Crippen LogP contribution in [0.1, 0.15) is 0 Å². The highest BCUT2D eigenvalue weighted by Gasteiger charge is 2.21. The average molecular weight is 789 g/mol. The Morgan fingerprint density at radius 2 is 0.780 bits per heavy atom. The molecule has 0 atom stereocenters. The molecular weight excluding hydrogens is 766 g/mol. The predicted octanol–water partition coefficient (Wildman–Crippen LogP) is 7.65. The molecule has 0 spiro atoms. The van der Waals surface area contributed by atoms with Crippen molar-refractivity contribution in [1.29, 1.82) is 0 Å². The molecule has 0 aliphatic rings. The van der Waals surface area contributed by atoms with E-state index in [1.54, 1.807) is 36.4 Å². The van der Waals surface area contributed by atoms with Crippen molar-refractivity contribution >= 4 is 89.7 Å². The Morgan fingerprint density at radius 3 is 1.12 bits per heavy atom. The van der Waals surface area contributed by atoms with Gasteiger partial charge in [-0.25, -0.2) is 46.2 Å². The largest absolute Gasteiger partial charge is 0.399 e. The summed E-state index contributed by atoms with van der Waals surface area (Å²) in [6, 6.07) is 23.5. The fourth-order valence-electron chi connectivity index (χ4n) is 4.51. The topological polar surface area (TPSA) is 196 Å². The van der Waals surface area contributed by atoms with Crippen LogP contribution in [0.2, 0.25) is 20.1 Å². The number of halogens is 4. The Hall–Kier alpha value is -4.70. The Morgan fingerprint density at radius 1 is 0.440 bits per heavy atom. The van der Waals surface area contributed by atoms with Crippen molar-refractivity contribution in [3.63, 3.8) is 0 Å². The van der Waals surface area contributed by atoms with Crippen molar-refractivity contribution in [2.75, 3.05) is 20.9 Å². The lowest BCUT2D eigenvalue weighted by Gasteiger charge is -2.14. The molecule has 0 saturated heterocycles. The first-order chi connectivity index (χ1) is 23.7. The van der Waals surface area contributed by atoms with Crippen LogP contribution >= 0.6 is 46.4 Å². The van der Waals surface area contributed by atoms with Crippen molar-refractivity contribution in [1.82, 2.24) is 19.9 Å². The average Bonchev–Trinajstić information content (AvgIpc) is 3.07. The van der Waals surface area contributed by atoms with Gasteiger partial charge in [-0.05, 0) is 84.9 Å². The second-order valence-electron chi connectivity index (χ2n) is 10.5. The first-order valence-corrected chi connectivity index (χ1v) is 18.6. The molecule has 18 heteroatoms. The van der Waals surface area contributed by atoms with E-state index in [-0.39, 0.29) is 64.6 Å². The van der Waals surface area contributed by atoms with Gasteiger partial charge >= 0.3 is 0 Å². The number of rotatable bonds is 9. The van der Waals surface area contributed by atoms with E-state index in [4.69, 9.17) is 57.9 Å². The maximum atomic E-state index is 13.4. The van der Waals surface area contributed by atoms with Crippen LogP contribution in [0, 0.1) is 0 Å². The standard InChI is InChI=1S/C32H22Cl4N8O4S2/c33-23-11-1-17(13-25(23)35)27-15-29(41-31(39-27)43-49(45,46)21-7-3-19(37)4-8-21)30-16-28(18-2-12-24(34)26(36)14-18)40-32(42-30)44-50(47,48)22-9-5-20(38)6-10-22/h1-16H,37-38H2,(H,39,41,43)(H,40,42,44). The molecule has 6 N–H and O–H groups in total. The van der Waals surface area contributed by atoms with E-state index in [2.05, 4.69) is 29.4 Å². The summed E-state index contributed by atoms with van der Waals surface area (Å²) in [5.74, 6) is -0.668. The van der Waals surface area contributed by atoms with E-state index in [9.17, 15) is 16.8 Å². The van der Waals surface area contributed by atoms with Crippen molar-refractivity contribution in [3.8, 4) is 33.9 Å². The molecule has 0 fully saturated rings. The van der Waals surface area contributed by atoms with Gasteiger partial charge in [0.15, 0.2) is 0 Å². The maximum Gasteiger partial charge on any atom is 0.264 e. The van der Waals surface area contributed by atoms with Gasteiger partial charge < -0.3 is 11.5 Å². The molecule has 0 aliphatic heterocycles. The molecule has 4 aromatic carbocycles. The number of nitrogens with two attached hydrogens (primary N) is 2. The molecule has 6 aromatic rings. The SMILES string of the molecule is Nc1ccc(S(=O)(=O)Nc2nc(-c3ccc(Cl)c(Cl)c3)cc(-c3cc(-c4ccc(Cl)c(Cl)c4)nc(NS(=O)(=O)c4ccc(N)cc4)n3)n2)cc1. The van der Waals surface area contributed by atoms with Gasteiger partial charge in [-0.3, -0.25) is 0 Å². The van der Waals surface area contributed by atoms with E-state index < -0.39 is 20.0 Å². The van der Waals surface area contributed by atoms with Crippen LogP contribution in [0.4, 0.5) is 23.3 Å². The number of nitrogens with zero attached hydrogens (tertiary/aromatic N) is 4. The number of anilines is 4. The molecule has 254 valence electrons. The molecule has 6 rings (SSSR count). The fourth-order valence-corrected chi connectivity index (χ4v) is 6.99. The minimum absolute atomic E-state index is 0.0766. The molecule has 0 saturated carbocycles. The van der Waals surface area contributed by atoms with Crippen molar-refractivity contribution in [2.24, 2.45) is 0 Å². The van der Waals surface area contributed by atoms with Gasteiger partial charge in [0.05, 0.1) is 52.7 Å². The van der Waals surface area contributed by atoms with Gasteiger partial charge in [0.25, 0.3) is 20.0 Å². The lowest BCUT2D eigenvalue weighted by molar-refractivity contribution is 0.599. The van der Waals surface area contributed by atoms with E-state index in [0.717, 1.165) is 0 Å². The number of aromatic nitrogens is 4. The van der Waals surface area contributed by atoms with Crippen LogP contribution < -0.4 is 20.9 Å². The van der Waals surface area contributed by atoms with Crippen molar-refractivity contribution < 1.29 is 16.8 Å². The smallest absolute Gasteiger partial charge is 0.264 e. The molecule has 12 nitrogen and oxygen atoms in total. The molecule has 0 aliphatic carbocycles. The van der Waals surface area contributed by atoms with Gasteiger partial charge in [-0.2, -0.15) is 0 Å². The third-order valence-corrected chi connectivity index (χ3v) is 11.1. The van der Waals surface area contributed by atoms with E-state index >= 15 is 0 Å². The van der Waals surface area contributed by atoms with Crippen LogP contribution in [-0.4, -0.2) is 36.8 Å².